The van der Waals surface area contributed by atoms with Crippen molar-refractivity contribution in [1.29, 1.82) is 0 Å². The maximum Gasteiger partial charge on any atom is 0.165 e. The quantitative estimate of drug-likeness (QED) is 0.841. The van der Waals surface area contributed by atoms with Crippen molar-refractivity contribution in [2.24, 2.45) is 5.73 Å². The first-order chi connectivity index (χ1) is 9.49. The van der Waals surface area contributed by atoms with Gasteiger partial charge in [-0.1, -0.05) is 40.3 Å². The molecule has 104 valence electrons. The van der Waals surface area contributed by atoms with Crippen LogP contribution in [0.2, 0.25) is 0 Å². The number of benzene rings is 2. The van der Waals surface area contributed by atoms with Crippen LogP contribution in [0.25, 0.3) is 0 Å². The molecule has 0 unspecified atom stereocenters. The van der Waals surface area contributed by atoms with Crippen LogP contribution in [-0.4, -0.2) is 4.99 Å². The minimum absolute atomic E-state index is 0.0296. The van der Waals surface area contributed by atoms with Crippen LogP contribution in [0.4, 0.5) is 8.78 Å². The summed E-state index contributed by atoms with van der Waals surface area (Å²) in [5.41, 5.74) is 5.83. The molecule has 0 saturated carbocycles. The van der Waals surface area contributed by atoms with Gasteiger partial charge in [-0.25, -0.2) is 8.78 Å². The number of halogens is 3. The van der Waals surface area contributed by atoms with Crippen molar-refractivity contribution in [3.63, 3.8) is 0 Å². The molecule has 0 fully saturated rings. The number of hydrogen-bond acceptors (Lipinski definition) is 2. The van der Waals surface area contributed by atoms with Crippen LogP contribution in [0.15, 0.2) is 40.9 Å². The highest BCUT2D eigenvalue weighted by molar-refractivity contribution is 9.10. The average molecular weight is 358 g/mol. The SMILES string of the molecule is NC(=S)c1cccc(COc2cc(Br)ccc2F)c1F. The lowest BCUT2D eigenvalue weighted by Crippen LogP contribution is -2.13. The molecule has 0 spiro atoms. The van der Waals surface area contributed by atoms with E-state index in [1.54, 1.807) is 12.1 Å². The lowest BCUT2D eigenvalue weighted by atomic mass is 10.1. The Morgan fingerprint density at radius 2 is 2.00 bits per heavy atom. The molecule has 2 N–H and O–H groups in total. The van der Waals surface area contributed by atoms with Gasteiger partial charge in [0.05, 0.1) is 0 Å². The summed E-state index contributed by atoms with van der Waals surface area (Å²) in [6.07, 6.45) is 0. The number of hydrogen-bond donors (Lipinski definition) is 1. The first-order valence-electron chi connectivity index (χ1n) is 5.64. The van der Waals surface area contributed by atoms with Gasteiger partial charge in [0, 0.05) is 15.6 Å². The fourth-order valence-electron chi connectivity index (χ4n) is 1.62. The molecule has 0 aromatic heterocycles. The van der Waals surface area contributed by atoms with E-state index in [1.165, 1.54) is 24.3 Å². The summed E-state index contributed by atoms with van der Waals surface area (Å²) in [6.45, 7) is -0.115. The molecule has 2 aromatic rings. The predicted molar refractivity (Wildman–Crippen MR) is 80.7 cm³/mol. The van der Waals surface area contributed by atoms with Crippen molar-refractivity contribution in [1.82, 2.24) is 0 Å². The van der Waals surface area contributed by atoms with Gasteiger partial charge in [-0.05, 0) is 24.3 Å². The Morgan fingerprint density at radius 1 is 1.25 bits per heavy atom. The summed E-state index contributed by atoms with van der Waals surface area (Å²) in [4.78, 5) is -0.0296. The smallest absolute Gasteiger partial charge is 0.165 e. The van der Waals surface area contributed by atoms with E-state index in [-0.39, 0.29) is 28.5 Å². The van der Waals surface area contributed by atoms with Crippen LogP contribution in [0.3, 0.4) is 0 Å². The molecule has 2 rings (SSSR count). The monoisotopic (exact) mass is 357 g/mol. The second-order valence-electron chi connectivity index (χ2n) is 4.01. The topological polar surface area (TPSA) is 35.2 Å². The molecule has 0 aliphatic rings. The molecular formula is C14H10BrF2NOS. The first kappa shape index (κ1) is 14.9. The van der Waals surface area contributed by atoms with E-state index >= 15 is 0 Å². The molecule has 0 aliphatic heterocycles. The second-order valence-corrected chi connectivity index (χ2v) is 5.36. The Kier molecular flexibility index (Phi) is 4.67. The van der Waals surface area contributed by atoms with E-state index < -0.39 is 11.6 Å². The van der Waals surface area contributed by atoms with Crippen LogP contribution in [0.1, 0.15) is 11.1 Å². The van der Waals surface area contributed by atoms with E-state index in [9.17, 15) is 8.78 Å². The number of thiocarbonyl (C=S) groups is 1. The summed E-state index contributed by atoms with van der Waals surface area (Å²) >= 11 is 7.97. The van der Waals surface area contributed by atoms with Gasteiger partial charge < -0.3 is 10.5 Å². The molecule has 2 nitrogen and oxygen atoms in total. The highest BCUT2D eigenvalue weighted by atomic mass is 79.9. The molecule has 0 radical (unpaired) electrons. The molecule has 6 heteroatoms. The molecule has 0 amide bonds. The lowest BCUT2D eigenvalue weighted by Gasteiger charge is -2.10. The maximum absolute atomic E-state index is 14.1. The van der Waals surface area contributed by atoms with Crippen molar-refractivity contribution in [3.05, 3.63) is 63.6 Å². The summed E-state index contributed by atoms with van der Waals surface area (Å²) < 4.78 is 33.5. The third-order valence-corrected chi connectivity index (χ3v) is 3.33. The molecule has 0 atom stereocenters. The van der Waals surface area contributed by atoms with Crippen LogP contribution in [0.5, 0.6) is 5.75 Å². The number of ether oxygens (including phenoxy) is 1. The Bertz CT molecular complexity index is 664. The van der Waals surface area contributed by atoms with Crippen molar-refractivity contribution in [2.45, 2.75) is 6.61 Å². The summed E-state index contributed by atoms with van der Waals surface area (Å²) in [5.74, 6) is -1.02. The van der Waals surface area contributed by atoms with Crippen molar-refractivity contribution in [3.8, 4) is 5.75 Å². The first-order valence-corrected chi connectivity index (χ1v) is 6.84. The van der Waals surface area contributed by atoms with Gasteiger partial charge in [-0.15, -0.1) is 0 Å². The van der Waals surface area contributed by atoms with Crippen molar-refractivity contribution >= 4 is 33.1 Å². The van der Waals surface area contributed by atoms with Gasteiger partial charge in [0.2, 0.25) is 0 Å². The van der Waals surface area contributed by atoms with Crippen molar-refractivity contribution < 1.29 is 13.5 Å². The van der Waals surface area contributed by atoms with Gasteiger partial charge >= 0.3 is 0 Å². The largest absolute Gasteiger partial charge is 0.486 e. The summed E-state index contributed by atoms with van der Waals surface area (Å²) in [7, 11) is 0. The predicted octanol–water partition coefficient (Wildman–Crippen LogP) is 3.94. The highest BCUT2D eigenvalue weighted by Gasteiger charge is 2.11. The van der Waals surface area contributed by atoms with Crippen molar-refractivity contribution in [2.75, 3.05) is 0 Å². The van der Waals surface area contributed by atoms with Crippen LogP contribution in [-0.2, 0) is 6.61 Å². The lowest BCUT2D eigenvalue weighted by molar-refractivity contribution is 0.284. The zero-order valence-electron chi connectivity index (χ0n) is 10.2. The van der Waals surface area contributed by atoms with Crippen LogP contribution in [0, 0.1) is 11.6 Å². The van der Waals surface area contributed by atoms with Crippen LogP contribution < -0.4 is 10.5 Å². The zero-order chi connectivity index (χ0) is 14.7. The number of nitrogens with two attached hydrogens (primary N) is 1. The third kappa shape index (κ3) is 3.32. The maximum atomic E-state index is 14.1. The van der Waals surface area contributed by atoms with Gasteiger partial charge in [0.15, 0.2) is 11.6 Å². The van der Waals surface area contributed by atoms with E-state index in [2.05, 4.69) is 15.9 Å². The molecule has 0 saturated heterocycles. The van der Waals surface area contributed by atoms with E-state index in [0.29, 0.717) is 4.47 Å². The average Bonchev–Trinajstić information content (AvgIpc) is 2.41. The van der Waals surface area contributed by atoms with Gasteiger partial charge in [-0.3, -0.25) is 0 Å². The van der Waals surface area contributed by atoms with E-state index in [0.717, 1.165) is 0 Å². The van der Waals surface area contributed by atoms with Gasteiger partial charge in [-0.2, -0.15) is 0 Å². The third-order valence-electron chi connectivity index (χ3n) is 2.62. The zero-order valence-corrected chi connectivity index (χ0v) is 12.6. The summed E-state index contributed by atoms with van der Waals surface area (Å²) in [6, 6.07) is 8.93. The molecule has 0 aliphatic carbocycles. The van der Waals surface area contributed by atoms with Crippen LogP contribution >= 0.6 is 28.1 Å². The molecule has 20 heavy (non-hydrogen) atoms. The molecular weight excluding hydrogens is 348 g/mol. The molecule has 0 heterocycles. The fraction of sp³-hybridized carbons (Fsp3) is 0.0714. The minimum atomic E-state index is -0.546. The van der Waals surface area contributed by atoms with Gasteiger partial charge in [0.25, 0.3) is 0 Å². The highest BCUT2D eigenvalue weighted by Crippen LogP contribution is 2.24. The van der Waals surface area contributed by atoms with E-state index in [4.69, 9.17) is 22.7 Å². The summed E-state index contributed by atoms with van der Waals surface area (Å²) in [5, 5.41) is 0. The normalized spacial score (nSPS) is 10.3. The Labute approximate surface area is 128 Å². The molecule has 2 aromatic carbocycles. The Hall–Kier alpha value is -1.53. The number of rotatable bonds is 4. The minimum Gasteiger partial charge on any atom is -0.486 e. The Morgan fingerprint density at radius 3 is 2.70 bits per heavy atom. The van der Waals surface area contributed by atoms with Gasteiger partial charge in [0.1, 0.15) is 17.4 Å². The standard InChI is InChI=1S/C14H10BrF2NOS/c15-9-4-5-11(16)12(6-9)19-7-8-2-1-3-10(13(8)17)14(18)20/h1-6H,7H2,(H2,18,20). The second kappa shape index (κ2) is 6.28. The molecule has 0 bridgehead atoms. The van der Waals surface area contributed by atoms with E-state index in [1.807, 2.05) is 0 Å². The Balaban J connectivity index is 2.21. The fourth-order valence-corrected chi connectivity index (χ4v) is 2.12.